The van der Waals surface area contributed by atoms with E-state index in [-0.39, 0.29) is 12.8 Å². The maximum Gasteiger partial charge on any atom is 0.412 e. The third-order valence-electron chi connectivity index (χ3n) is 3.59. The second-order valence-electron chi connectivity index (χ2n) is 7.02. The summed E-state index contributed by atoms with van der Waals surface area (Å²) in [5, 5.41) is 2.65. The van der Waals surface area contributed by atoms with Gasteiger partial charge in [-0.15, -0.1) is 0 Å². The van der Waals surface area contributed by atoms with Crippen molar-refractivity contribution in [2.24, 2.45) is 5.73 Å². The maximum absolute atomic E-state index is 13.1. The zero-order chi connectivity index (χ0) is 16.8. The minimum Gasteiger partial charge on any atom is -0.444 e. The quantitative estimate of drug-likeness (QED) is 0.870. The molecule has 6 heteroatoms. The lowest BCUT2D eigenvalue weighted by Crippen LogP contribution is -2.55. The molecule has 0 saturated heterocycles. The summed E-state index contributed by atoms with van der Waals surface area (Å²) in [7, 11) is 0. The second-order valence-corrected chi connectivity index (χ2v) is 7.02. The summed E-state index contributed by atoms with van der Waals surface area (Å²) >= 11 is 0. The van der Waals surface area contributed by atoms with E-state index in [0.717, 1.165) is 5.56 Å². The lowest BCUT2D eigenvalue weighted by Gasteiger charge is -2.45. The van der Waals surface area contributed by atoms with Gasteiger partial charge >= 0.3 is 6.09 Å². The van der Waals surface area contributed by atoms with Crippen LogP contribution in [0.15, 0.2) is 18.2 Å². The van der Waals surface area contributed by atoms with Gasteiger partial charge in [0.2, 0.25) is 0 Å². The molecule has 2 rings (SSSR count). The van der Waals surface area contributed by atoms with Crippen LogP contribution in [-0.2, 0) is 10.3 Å². The molecule has 1 aromatic rings. The zero-order valence-electron chi connectivity index (χ0n) is 13.3. The molecule has 1 amide bonds. The number of amides is 1. The van der Waals surface area contributed by atoms with E-state index < -0.39 is 23.2 Å². The number of hydrogen-bond acceptors (Lipinski definition) is 3. The Balaban J connectivity index is 2.09. The molecule has 0 bridgehead atoms. The van der Waals surface area contributed by atoms with Crippen molar-refractivity contribution in [3.63, 3.8) is 0 Å². The first kappa shape index (κ1) is 16.7. The number of alkyl halides is 2. The van der Waals surface area contributed by atoms with Crippen LogP contribution >= 0.6 is 0 Å². The Morgan fingerprint density at radius 3 is 2.36 bits per heavy atom. The fraction of sp³-hybridized carbons (Fsp3) is 0.562. The van der Waals surface area contributed by atoms with Crippen LogP contribution in [0.5, 0.6) is 0 Å². The molecular formula is C16H22F2N2O2. The van der Waals surface area contributed by atoms with Gasteiger partial charge in [-0.2, -0.15) is 0 Å². The second kappa shape index (κ2) is 5.19. The lowest BCUT2D eigenvalue weighted by atomic mass is 9.69. The number of aryl methyl sites for hydroxylation is 1. The van der Waals surface area contributed by atoms with Crippen LogP contribution < -0.4 is 11.1 Å². The van der Waals surface area contributed by atoms with Crippen LogP contribution in [0.25, 0.3) is 0 Å². The van der Waals surface area contributed by atoms with Gasteiger partial charge in [0, 0.05) is 18.5 Å². The lowest BCUT2D eigenvalue weighted by molar-refractivity contribution is -0.125. The molecular weight excluding hydrogens is 290 g/mol. The average molecular weight is 312 g/mol. The van der Waals surface area contributed by atoms with Gasteiger partial charge in [-0.1, -0.05) is 12.1 Å². The van der Waals surface area contributed by atoms with E-state index in [4.69, 9.17) is 10.5 Å². The van der Waals surface area contributed by atoms with Crippen molar-refractivity contribution in [3.05, 3.63) is 29.3 Å². The molecule has 0 aliphatic heterocycles. The molecule has 1 aliphatic rings. The Labute approximate surface area is 129 Å². The normalized spacial score (nSPS) is 19.2. The number of hydrogen-bond donors (Lipinski definition) is 2. The SMILES string of the molecule is Cc1cc(C2(N)CC(F)(F)C2)ccc1NC(=O)OC(C)(C)C. The topological polar surface area (TPSA) is 64.3 Å². The third-order valence-corrected chi connectivity index (χ3v) is 3.59. The number of anilines is 1. The van der Waals surface area contributed by atoms with E-state index in [2.05, 4.69) is 5.32 Å². The van der Waals surface area contributed by atoms with Gasteiger partial charge in [0.05, 0.1) is 5.54 Å². The highest BCUT2D eigenvalue weighted by Gasteiger charge is 2.55. The van der Waals surface area contributed by atoms with E-state index in [1.165, 1.54) is 0 Å². The Kier molecular flexibility index (Phi) is 3.94. The van der Waals surface area contributed by atoms with Crippen LogP contribution in [0.2, 0.25) is 0 Å². The summed E-state index contributed by atoms with van der Waals surface area (Å²) in [6, 6.07) is 5.08. The van der Waals surface area contributed by atoms with Crippen LogP contribution in [-0.4, -0.2) is 17.6 Å². The van der Waals surface area contributed by atoms with Gasteiger partial charge < -0.3 is 10.5 Å². The number of nitrogens with two attached hydrogens (primary N) is 1. The molecule has 3 N–H and O–H groups in total. The molecule has 0 radical (unpaired) electrons. The summed E-state index contributed by atoms with van der Waals surface area (Å²) in [6.07, 6.45) is -1.25. The van der Waals surface area contributed by atoms with Gasteiger partial charge in [-0.25, -0.2) is 13.6 Å². The summed E-state index contributed by atoms with van der Waals surface area (Å²) in [5.74, 6) is -2.68. The predicted octanol–water partition coefficient (Wildman–Crippen LogP) is 3.93. The fourth-order valence-corrected chi connectivity index (χ4v) is 2.60. The van der Waals surface area contributed by atoms with Crippen molar-refractivity contribution >= 4 is 11.8 Å². The van der Waals surface area contributed by atoms with E-state index >= 15 is 0 Å². The minimum atomic E-state index is -2.68. The van der Waals surface area contributed by atoms with Crippen molar-refractivity contribution in [2.75, 3.05) is 5.32 Å². The Bertz CT molecular complexity index is 586. The highest BCUT2D eigenvalue weighted by Crippen LogP contribution is 2.50. The number of rotatable bonds is 2. The maximum atomic E-state index is 13.1. The molecule has 0 heterocycles. The largest absolute Gasteiger partial charge is 0.444 e. The summed E-state index contributed by atoms with van der Waals surface area (Å²) in [5.41, 5.74) is 6.42. The minimum absolute atomic E-state index is 0.349. The van der Waals surface area contributed by atoms with Crippen LogP contribution in [0.1, 0.15) is 44.7 Å². The third kappa shape index (κ3) is 3.74. The molecule has 1 saturated carbocycles. The molecule has 22 heavy (non-hydrogen) atoms. The first-order chi connectivity index (χ1) is 9.90. The molecule has 0 aromatic heterocycles. The summed E-state index contributed by atoms with van der Waals surface area (Å²) in [6.45, 7) is 7.11. The first-order valence-electron chi connectivity index (χ1n) is 7.18. The standard InChI is InChI=1S/C16H22F2N2O2/c1-10-7-11(15(19)8-16(17,18)9-15)5-6-12(10)20-13(21)22-14(2,3)4/h5-7H,8-9,19H2,1-4H3,(H,20,21). The number of nitrogens with one attached hydrogen (secondary N) is 1. The number of benzene rings is 1. The predicted molar refractivity (Wildman–Crippen MR) is 81.1 cm³/mol. The van der Waals surface area contributed by atoms with E-state index in [1.54, 1.807) is 45.9 Å². The van der Waals surface area contributed by atoms with Crippen molar-refractivity contribution in [2.45, 2.75) is 57.6 Å². The highest BCUT2D eigenvalue weighted by atomic mass is 19.3. The van der Waals surface area contributed by atoms with Gasteiger partial charge in [0.25, 0.3) is 5.92 Å². The van der Waals surface area contributed by atoms with Gasteiger partial charge in [0.1, 0.15) is 5.60 Å². The molecule has 1 fully saturated rings. The Morgan fingerprint density at radius 2 is 1.91 bits per heavy atom. The van der Waals surface area contributed by atoms with Gasteiger partial charge in [-0.3, -0.25) is 5.32 Å². The highest BCUT2D eigenvalue weighted by molar-refractivity contribution is 5.86. The first-order valence-corrected chi connectivity index (χ1v) is 7.18. The van der Waals surface area contributed by atoms with Crippen molar-refractivity contribution < 1.29 is 18.3 Å². The zero-order valence-corrected chi connectivity index (χ0v) is 13.3. The van der Waals surface area contributed by atoms with Crippen LogP contribution in [0, 0.1) is 6.92 Å². The van der Waals surface area contributed by atoms with Crippen molar-refractivity contribution in [3.8, 4) is 0 Å². The molecule has 0 unspecified atom stereocenters. The number of carbonyl (C=O) groups excluding carboxylic acids is 1. The van der Waals surface area contributed by atoms with Crippen LogP contribution in [0.3, 0.4) is 0 Å². The van der Waals surface area contributed by atoms with Gasteiger partial charge in [0.15, 0.2) is 0 Å². The molecule has 0 atom stereocenters. The van der Waals surface area contributed by atoms with E-state index in [0.29, 0.717) is 11.3 Å². The monoisotopic (exact) mass is 312 g/mol. The summed E-state index contributed by atoms with van der Waals surface area (Å²) < 4.78 is 31.3. The molecule has 1 aliphatic carbocycles. The molecule has 0 spiro atoms. The van der Waals surface area contributed by atoms with Crippen molar-refractivity contribution in [1.29, 1.82) is 0 Å². The van der Waals surface area contributed by atoms with Crippen molar-refractivity contribution in [1.82, 2.24) is 0 Å². The molecule has 122 valence electrons. The number of carbonyl (C=O) groups is 1. The average Bonchev–Trinajstić information content (AvgIpc) is 2.26. The van der Waals surface area contributed by atoms with Crippen LogP contribution in [0.4, 0.5) is 19.3 Å². The number of ether oxygens (including phenoxy) is 1. The molecule has 1 aromatic carbocycles. The van der Waals surface area contributed by atoms with E-state index in [1.807, 2.05) is 0 Å². The van der Waals surface area contributed by atoms with E-state index in [9.17, 15) is 13.6 Å². The smallest absolute Gasteiger partial charge is 0.412 e. The Morgan fingerprint density at radius 1 is 1.32 bits per heavy atom. The summed E-state index contributed by atoms with van der Waals surface area (Å²) in [4.78, 5) is 11.8. The van der Waals surface area contributed by atoms with Gasteiger partial charge in [-0.05, 0) is 44.9 Å². The molecule has 4 nitrogen and oxygen atoms in total. The Hall–Kier alpha value is -1.69. The number of halogens is 2. The fourth-order valence-electron chi connectivity index (χ4n) is 2.60.